The molecule has 0 saturated heterocycles. The van der Waals surface area contributed by atoms with Gasteiger partial charge in [-0.15, -0.1) is 3.63 Å². The second-order valence-electron chi connectivity index (χ2n) is 5.60. The van der Waals surface area contributed by atoms with Crippen LogP contribution in [0.5, 0.6) is 5.75 Å². The van der Waals surface area contributed by atoms with Gasteiger partial charge in [0.15, 0.2) is 0 Å². The van der Waals surface area contributed by atoms with Crippen LogP contribution in [-0.2, 0) is 34.1 Å². The van der Waals surface area contributed by atoms with E-state index >= 15 is 0 Å². The standard InChI is InChI=1S/C11H14O2.C2F6O5S2/c1-8(12)11(2,3)9-4-6-10(13)7-5-9;3-1(4,5)14(9,10)13-15(11,12)2(6,7)8/h4-7,13H,1-3H3;. The monoisotopic (exact) mass is 460 g/mol. The molecule has 0 saturated carbocycles. The van der Waals surface area contributed by atoms with Crippen LogP contribution in [0.3, 0.4) is 0 Å². The van der Waals surface area contributed by atoms with Crippen molar-refractivity contribution in [1.29, 1.82) is 0 Å². The number of rotatable bonds is 4. The van der Waals surface area contributed by atoms with Gasteiger partial charge in [0.25, 0.3) is 0 Å². The minimum Gasteiger partial charge on any atom is -0.508 e. The lowest BCUT2D eigenvalue weighted by molar-refractivity contribution is -0.121. The lowest BCUT2D eigenvalue weighted by Crippen LogP contribution is -2.34. The summed E-state index contributed by atoms with van der Waals surface area (Å²) in [5.41, 5.74) is -12.1. The Labute approximate surface area is 156 Å². The van der Waals surface area contributed by atoms with E-state index in [1.807, 2.05) is 17.5 Å². The molecule has 0 aliphatic carbocycles. The molecule has 1 N–H and O–H groups in total. The Hall–Kier alpha value is -1.87. The van der Waals surface area contributed by atoms with Crippen LogP contribution in [0.1, 0.15) is 26.3 Å². The maximum absolute atomic E-state index is 11.4. The van der Waals surface area contributed by atoms with Crippen molar-refractivity contribution >= 4 is 26.0 Å². The van der Waals surface area contributed by atoms with E-state index in [0.717, 1.165) is 5.56 Å². The largest absolute Gasteiger partial charge is 0.524 e. The number of hydrogen-bond donors (Lipinski definition) is 1. The molecule has 0 amide bonds. The zero-order valence-corrected chi connectivity index (χ0v) is 15.9. The third-order valence-electron chi connectivity index (χ3n) is 3.22. The third-order valence-corrected chi connectivity index (χ3v) is 5.78. The molecular formula is C13H14F6O7S2. The molecule has 15 heteroatoms. The molecule has 1 aromatic rings. The summed E-state index contributed by atoms with van der Waals surface area (Å²) >= 11 is 0. The zero-order valence-electron chi connectivity index (χ0n) is 14.3. The summed E-state index contributed by atoms with van der Waals surface area (Å²) < 4.78 is 110. The molecule has 0 aliphatic heterocycles. The molecule has 0 aliphatic rings. The fourth-order valence-electron chi connectivity index (χ4n) is 1.28. The van der Waals surface area contributed by atoms with E-state index in [1.54, 1.807) is 31.2 Å². The van der Waals surface area contributed by atoms with Crippen molar-refractivity contribution in [3.8, 4) is 5.75 Å². The molecule has 162 valence electrons. The molecular weight excluding hydrogens is 446 g/mol. The number of halogens is 6. The van der Waals surface area contributed by atoms with Gasteiger partial charge in [0.2, 0.25) is 0 Å². The quantitative estimate of drug-likeness (QED) is 0.543. The normalized spacial score (nSPS) is 13.5. The van der Waals surface area contributed by atoms with Gasteiger partial charge in [-0.2, -0.15) is 43.2 Å². The molecule has 7 nitrogen and oxygen atoms in total. The Morgan fingerprint density at radius 2 is 1.18 bits per heavy atom. The van der Waals surface area contributed by atoms with Gasteiger partial charge in [0.05, 0.1) is 0 Å². The molecule has 0 bridgehead atoms. The third kappa shape index (κ3) is 6.63. The Kier molecular flexibility index (Phi) is 7.69. The van der Waals surface area contributed by atoms with E-state index in [0.29, 0.717) is 0 Å². The molecule has 0 fully saturated rings. The summed E-state index contributed by atoms with van der Waals surface area (Å²) in [6, 6.07) is 6.74. The highest BCUT2D eigenvalue weighted by Gasteiger charge is 2.57. The Morgan fingerprint density at radius 1 is 0.857 bits per heavy atom. The van der Waals surface area contributed by atoms with Gasteiger partial charge >= 0.3 is 31.3 Å². The molecule has 0 radical (unpaired) electrons. The molecule has 0 heterocycles. The van der Waals surface area contributed by atoms with Gasteiger partial charge in [-0.05, 0) is 38.5 Å². The smallest absolute Gasteiger partial charge is 0.508 e. The summed E-state index contributed by atoms with van der Waals surface area (Å²) in [5.74, 6) is 0.348. The highest BCUT2D eigenvalue weighted by Crippen LogP contribution is 2.32. The highest BCUT2D eigenvalue weighted by molar-refractivity contribution is 8.00. The summed E-state index contributed by atoms with van der Waals surface area (Å²) in [7, 11) is -13.7. The highest BCUT2D eigenvalue weighted by atomic mass is 32.3. The molecule has 0 unspecified atom stereocenters. The van der Waals surface area contributed by atoms with Crippen molar-refractivity contribution in [3.05, 3.63) is 29.8 Å². The minimum absolute atomic E-state index is 0.123. The first-order valence-electron chi connectivity index (χ1n) is 6.79. The first-order chi connectivity index (χ1) is 12.1. The molecule has 0 aromatic heterocycles. The van der Waals surface area contributed by atoms with Crippen molar-refractivity contribution in [2.75, 3.05) is 0 Å². The zero-order chi connectivity index (χ0) is 22.8. The number of aromatic hydroxyl groups is 1. The molecule has 28 heavy (non-hydrogen) atoms. The number of phenols is 1. The van der Waals surface area contributed by atoms with Crippen LogP contribution in [0.15, 0.2) is 24.3 Å². The van der Waals surface area contributed by atoms with Crippen molar-refractivity contribution < 1.29 is 56.7 Å². The van der Waals surface area contributed by atoms with Gasteiger partial charge in [0, 0.05) is 5.41 Å². The van der Waals surface area contributed by atoms with Crippen LogP contribution < -0.4 is 0 Å². The van der Waals surface area contributed by atoms with E-state index in [2.05, 4.69) is 0 Å². The number of benzene rings is 1. The van der Waals surface area contributed by atoms with Crippen molar-refractivity contribution in [3.63, 3.8) is 0 Å². The fraction of sp³-hybridized carbons (Fsp3) is 0.462. The van der Waals surface area contributed by atoms with E-state index < -0.39 is 36.7 Å². The van der Waals surface area contributed by atoms with Gasteiger partial charge in [-0.25, -0.2) is 0 Å². The van der Waals surface area contributed by atoms with E-state index in [4.69, 9.17) is 5.11 Å². The van der Waals surface area contributed by atoms with Gasteiger partial charge < -0.3 is 5.11 Å². The second-order valence-corrected chi connectivity index (χ2v) is 8.88. The second kappa shape index (κ2) is 8.24. The van der Waals surface area contributed by atoms with Crippen LogP contribution in [0.25, 0.3) is 0 Å². The van der Waals surface area contributed by atoms with Crippen LogP contribution in [0.4, 0.5) is 26.3 Å². The number of carbonyl (C=O) groups is 1. The lowest BCUT2D eigenvalue weighted by Gasteiger charge is -2.21. The Morgan fingerprint density at radius 3 is 1.43 bits per heavy atom. The van der Waals surface area contributed by atoms with Crippen LogP contribution in [0, 0.1) is 0 Å². The summed E-state index contributed by atoms with van der Waals surface area (Å²) in [6.07, 6.45) is 0. The molecule has 0 spiro atoms. The van der Waals surface area contributed by atoms with Crippen LogP contribution in [0.2, 0.25) is 0 Å². The SMILES string of the molecule is CC(=O)C(C)(C)c1ccc(O)cc1.O=S(=O)(OS(=O)(=O)C(F)(F)F)C(F)(F)F. The van der Waals surface area contributed by atoms with E-state index in [9.17, 15) is 48.0 Å². The maximum atomic E-state index is 11.4. The first kappa shape index (κ1) is 26.1. The Balaban J connectivity index is 0.000000525. The summed E-state index contributed by atoms with van der Waals surface area (Å²) in [6.45, 7) is 5.33. The number of alkyl halides is 6. The molecule has 1 aromatic carbocycles. The number of Topliss-reactive ketones (excluding diaryl/α,β-unsaturated/α-hetero) is 1. The van der Waals surface area contributed by atoms with Crippen molar-refractivity contribution in [2.24, 2.45) is 0 Å². The number of carbonyl (C=O) groups excluding carboxylic acids is 1. The lowest BCUT2D eigenvalue weighted by atomic mass is 9.81. The first-order valence-corrected chi connectivity index (χ1v) is 9.61. The van der Waals surface area contributed by atoms with E-state index in [-0.39, 0.29) is 11.5 Å². The predicted octanol–water partition coefficient (Wildman–Crippen LogP) is 2.96. The topological polar surface area (TPSA) is 115 Å². The molecule has 0 atom stereocenters. The van der Waals surface area contributed by atoms with Crippen LogP contribution in [-0.4, -0.2) is 38.7 Å². The minimum atomic E-state index is -6.85. The summed E-state index contributed by atoms with van der Waals surface area (Å²) in [4.78, 5) is 11.3. The Bertz CT molecular complexity index is 856. The fourth-order valence-corrected chi connectivity index (χ4v) is 2.84. The number of phenolic OH excluding ortho intramolecular Hbond substituents is 1. The predicted molar refractivity (Wildman–Crippen MR) is 82.8 cm³/mol. The number of hydrogen-bond acceptors (Lipinski definition) is 7. The molecule has 1 rings (SSSR count). The van der Waals surface area contributed by atoms with Gasteiger partial charge in [-0.1, -0.05) is 12.1 Å². The summed E-state index contributed by atoms with van der Waals surface area (Å²) in [5, 5.41) is 9.08. The van der Waals surface area contributed by atoms with Gasteiger partial charge in [-0.3, -0.25) is 4.79 Å². The average molecular weight is 460 g/mol. The van der Waals surface area contributed by atoms with Crippen molar-refractivity contribution in [1.82, 2.24) is 0 Å². The van der Waals surface area contributed by atoms with Gasteiger partial charge in [0.1, 0.15) is 11.5 Å². The maximum Gasteiger partial charge on any atom is 0.524 e. The van der Waals surface area contributed by atoms with Crippen LogP contribution >= 0.6 is 0 Å². The average Bonchev–Trinajstić information content (AvgIpc) is 2.44. The number of ketones is 1. The van der Waals surface area contributed by atoms with Crippen molar-refractivity contribution in [2.45, 2.75) is 37.2 Å². The van der Waals surface area contributed by atoms with E-state index in [1.165, 1.54) is 0 Å².